The van der Waals surface area contributed by atoms with Crippen molar-refractivity contribution < 1.29 is 9.59 Å². The number of carbonyl (C=O) groups excluding carboxylic acids is 2. The number of aromatic nitrogens is 2. The van der Waals surface area contributed by atoms with E-state index >= 15 is 0 Å². The Kier molecular flexibility index (Phi) is 5.88. The first-order valence-corrected chi connectivity index (χ1v) is 10.3. The van der Waals surface area contributed by atoms with Crippen LogP contribution in [0.4, 0.5) is 11.6 Å². The summed E-state index contributed by atoms with van der Waals surface area (Å²) in [5, 5.41) is 7.18. The van der Waals surface area contributed by atoms with Crippen LogP contribution in [0.15, 0.2) is 54.7 Å². The molecule has 3 aromatic rings. The highest BCUT2D eigenvalue weighted by Gasteiger charge is 2.25. The molecular formula is C23H25N5O2. The topological polar surface area (TPSA) is 87.2 Å². The van der Waals surface area contributed by atoms with Crippen LogP contribution in [0.1, 0.15) is 36.5 Å². The van der Waals surface area contributed by atoms with Crippen LogP contribution in [0, 0.1) is 0 Å². The van der Waals surface area contributed by atoms with Gasteiger partial charge in [-0.2, -0.15) is 0 Å². The van der Waals surface area contributed by atoms with Crippen LogP contribution in [0.5, 0.6) is 0 Å². The van der Waals surface area contributed by atoms with Crippen LogP contribution < -0.4 is 10.6 Å². The summed E-state index contributed by atoms with van der Waals surface area (Å²) in [7, 11) is 0. The molecule has 4 rings (SSSR count). The average Bonchev–Trinajstić information content (AvgIpc) is 2.79. The largest absolute Gasteiger partial charge is 0.350 e. The Labute approximate surface area is 175 Å². The SMILES string of the molecule is CCC(=O)Nc1ccc(C(=O)N2CCC[C@H](Nc3ncc4ccccc4n3)C2)cc1. The number of benzene rings is 2. The van der Waals surface area contributed by atoms with Crippen molar-refractivity contribution in [1.29, 1.82) is 0 Å². The molecule has 2 amide bonds. The van der Waals surface area contributed by atoms with Crippen LogP contribution in [-0.4, -0.2) is 45.8 Å². The first-order chi connectivity index (χ1) is 14.6. The molecule has 154 valence electrons. The lowest BCUT2D eigenvalue weighted by Crippen LogP contribution is -2.45. The van der Waals surface area contributed by atoms with Gasteiger partial charge in [-0.3, -0.25) is 9.59 Å². The van der Waals surface area contributed by atoms with E-state index in [1.807, 2.05) is 35.4 Å². The minimum Gasteiger partial charge on any atom is -0.350 e. The minimum atomic E-state index is -0.0464. The van der Waals surface area contributed by atoms with Gasteiger partial charge in [-0.25, -0.2) is 9.97 Å². The van der Waals surface area contributed by atoms with Crippen LogP contribution in [-0.2, 0) is 4.79 Å². The van der Waals surface area contributed by atoms with E-state index in [1.54, 1.807) is 31.2 Å². The Morgan fingerprint density at radius 2 is 1.93 bits per heavy atom. The van der Waals surface area contributed by atoms with Gasteiger partial charge < -0.3 is 15.5 Å². The molecule has 1 atom stereocenters. The molecule has 0 saturated carbocycles. The summed E-state index contributed by atoms with van der Waals surface area (Å²) in [5.41, 5.74) is 2.21. The molecule has 7 nitrogen and oxygen atoms in total. The molecule has 2 aromatic carbocycles. The van der Waals surface area contributed by atoms with Gasteiger partial charge in [-0.05, 0) is 43.2 Å². The fraction of sp³-hybridized carbons (Fsp3) is 0.304. The molecule has 0 bridgehead atoms. The molecule has 0 spiro atoms. The molecule has 0 radical (unpaired) electrons. The van der Waals surface area contributed by atoms with Crippen molar-refractivity contribution in [2.75, 3.05) is 23.7 Å². The van der Waals surface area contributed by atoms with E-state index in [2.05, 4.69) is 20.6 Å². The van der Waals surface area contributed by atoms with Gasteiger partial charge in [-0.15, -0.1) is 0 Å². The predicted octanol–water partition coefficient (Wildman–Crippen LogP) is 3.70. The van der Waals surface area contributed by atoms with Crippen molar-refractivity contribution in [2.45, 2.75) is 32.2 Å². The Hall–Kier alpha value is -3.48. The van der Waals surface area contributed by atoms with Gasteiger partial charge in [0.05, 0.1) is 5.52 Å². The zero-order valence-corrected chi connectivity index (χ0v) is 17.0. The van der Waals surface area contributed by atoms with Crippen molar-refractivity contribution in [2.24, 2.45) is 0 Å². The molecule has 1 aliphatic heterocycles. The highest BCUT2D eigenvalue weighted by Crippen LogP contribution is 2.19. The fourth-order valence-electron chi connectivity index (χ4n) is 3.63. The molecule has 2 N–H and O–H groups in total. The number of carbonyl (C=O) groups is 2. The van der Waals surface area contributed by atoms with Gasteiger partial charge in [0, 0.05) is 48.4 Å². The van der Waals surface area contributed by atoms with Gasteiger partial charge in [0.1, 0.15) is 0 Å². The first-order valence-electron chi connectivity index (χ1n) is 10.3. The lowest BCUT2D eigenvalue weighted by Gasteiger charge is -2.33. The van der Waals surface area contributed by atoms with Crippen molar-refractivity contribution in [1.82, 2.24) is 14.9 Å². The zero-order valence-electron chi connectivity index (χ0n) is 17.0. The second kappa shape index (κ2) is 8.90. The van der Waals surface area contributed by atoms with E-state index < -0.39 is 0 Å². The number of anilines is 2. The molecule has 0 unspecified atom stereocenters. The highest BCUT2D eigenvalue weighted by atomic mass is 16.2. The Morgan fingerprint density at radius 1 is 1.13 bits per heavy atom. The lowest BCUT2D eigenvalue weighted by molar-refractivity contribution is -0.115. The third-order valence-electron chi connectivity index (χ3n) is 5.27. The molecule has 1 aromatic heterocycles. The minimum absolute atomic E-state index is 0.00528. The fourth-order valence-corrected chi connectivity index (χ4v) is 3.63. The van der Waals surface area contributed by atoms with E-state index in [1.165, 1.54) is 0 Å². The van der Waals surface area contributed by atoms with E-state index in [9.17, 15) is 9.59 Å². The summed E-state index contributed by atoms with van der Waals surface area (Å²) in [5.74, 6) is 0.535. The number of amides is 2. The van der Waals surface area contributed by atoms with Crippen LogP contribution in [0.2, 0.25) is 0 Å². The van der Waals surface area contributed by atoms with Gasteiger partial charge in [0.2, 0.25) is 11.9 Å². The maximum Gasteiger partial charge on any atom is 0.253 e. The quantitative estimate of drug-likeness (QED) is 0.678. The number of piperidine rings is 1. The number of nitrogens with zero attached hydrogens (tertiary/aromatic N) is 3. The molecule has 0 aliphatic carbocycles. The first kappa shape index (κ1) is 19.8. The molecule has 7 heteroatoms. The van der Waals surface area contributed by atoms with Gasteiger partial charge in [0.15, 0.2) is 0 Å². The van der Waals surface area contributed by atoms with Gasteiger partial charge >= 0.3 is 0 Å². The smallest absolute Gasteiger partial charge is 0.253 e. The monoisotopic (exact) mass is 403 g/mol. The normalized spacial score (nSPS) is 16.3. The number of hydrogen-bond acceptors (Lipinski definition) is 5. The second-order valence-electron chi connectivity index (χ2n) is 7.47. The Balaban J connectivity index is 1.40. The lowest BCUT2D eigenvalue weighted by atomic mass is 10.0. The van der Waals surface area contributed by atoms with Crippen molar-refractivity contribution in [3.8, 4) is 0 Å². The van der Waals surface area contributed by atoms with Crippen LogP contribution >= 0.6 is 0 Å². The van der Waals surface area contributed by atoms with E-state index in [-0.39, 0.29) is 17.9 Å². The number of likely N-dealkylation sites (tertiary alicyclic amines) is 1. The number of fused-ring (bicyclic) bond motifs is 1. The molecule has 2 heterocycles. The third kappa shape index (κ3) is 4.56. The van der Waals surface area contributed by atoms with Crippen molar-refractivity contribution in [3.05, 3.63) is 60.3 Å². The third-order valence-corrected chi connectivity index (χ3v) is 5.27. The van der Waals surface area contributed by atoms with Gasteiger partial charge in [-0.1, -0.05) is 25.1 Å². The predicted molar refractivity (Wildman–Crippen MR) is 117 cm³/mol. The van der Waals surface area contributed by atoms with Crippen molar-refractivity contribution >= 4 is 34.4 Å². The van der Waals surface area contributed by atoms with Crippen LogP contribution in [0.3, 0.4) is 0 Å². The molecule has 1 aliphatic rings. The van der Waals surface area contributed by atoms with E-state index in [4.69, 9.17) is 0 Å². The van der Waals surface area contributed by atoms with Gasteiger partial charge in [0.25, 0.3) is 5.91 Å². The number of para-hydroxylation sites is 1. The summed E-state index contributed by atoms with van der Waals surface area (Å²) in [4.78, 5) is 35.3. The zero-order chi connectivity index (χ0) is 20.9. The average molecular weight is 403 g/mol. The maximum absolute atomic E-state index is 12.9. The number of rotatable bonds is 5. The number of hydrogen-bond donors (Lipinski definition) is 2. The summed E-state index contributed by atoms with van der Waals surface area (Å²) in [6.07, 6.45) is 4.11. The molecule has 1 fully saturated rings. The molecular weight excluding hydrogens is 378 g/mol. The van der Waals surface area contributed by atoms with Crippen LogP contribution in [0.25, 0.3) is 10.9 Å². The Morgan fingerprint density at radius 3 is 2.73 bits per heavy atom. The second-order valence-corrected chi connectivity index (χ2v) is 7.47. The number of nitrogens with one attached hydrogen (secondary N) is 2. The van der Waals surface area contributed by atoms with E-state index in [0.29, 0.717) is 30.2 Å². The molecule has 30 heavy (non-hydrogen) atoms. The summed E-state index contributed by atoms with van der Waals surface area (Å²) >= 11 is 0. The van der Waals surface area contributed by atoms with Crippen molar-refractivity contribution in [3.63, 3.8) is 0 Å². The summed E-state index contributed by atoms with van der Waals surface area (Å²) < 4.78 is 0. The van der Waals surface area contributed by atoms with E-state index in [0.717, 1.165) is 30.3 Å². The maximum atomic E-state index is 12.9. The standard InChI is InChI=1S/C23H25N5O2/c1-2-21(29)25-18-11-9-16(10-12-18)22(30)28-13-5-7-19(15-28)26-23-24-14-17-6-3-4-8-20(17)27-23/h3-4,6,8-12,14,19H,2,5,7,13,15H2,1H3,(H,25,29)(H,24,26,27)/t19-/m0/s1. The summed E-state index contributed by atoms with van der Waals surface area (Å²) in [6, 6.07) is 15.0. The summed E-state index contributed by atoms with van der Waals surface area (Å²) in [6.45, 7) is 3.13. The Bertz CT molecular complexity index is 1050. The molecule has 1 saturated heterocycles. The highest BCUT2D eigenvalue weighted by molar-refractivity contribution is 5.96.